The van der Waals surface area contributed by atoms with Gasteiger partial charge >= 0.3 is 0 Å². The fourth-order valence-electron chi connectivity index (χ4n) is 2.53. The Hall–Kier alpha value is -0.900. The average Bonchev–Trinajstić information content (AvgIpc) is 2.39. The molecule has 3 nitrogen and oxygen atoms in total. The Morgan fingerprint density at radius 2 is 2.06 bits per heavy atom. The van der Waals surface area contributed by atoms with Crippen molar-refractivity contribution >= 4 is 0 Å². The van der Waals surface area contributed by atoms with Gasteiger partial charge in [-0.15, -0.1) is 0 Å². The maximum Gasteiger partial charge on any atom is 0.0599 e. The molecule has 0 spiro atoms. The Bertz CT molecular complexity index is 339. The summed E-state index contributed by atoms with van der Waals surface area (Å²) in [7, 11) is 0. The quantitative estimate of drug-likeness (QED) is 0.830. The van der Waals surface area contributed by atoms with E-state index in [1.54, 1.807) is 0 Å². The lowest BCUT2D eigenvalue weighted by atomic mass is 10.0. The monoisotopic (exact) mass is 234 g/mol. The van der Waals surface area contributed by atoms with Crippen molar-refractivity contribution in [1.29, 1.82) is 0 Å². The van der Waals surface area contributed by atoms with Gasteiger partial charge in [0.2, 0.25) is 0 Å². The molecule has 0 aromatic heterocycles. The van der Waals surface area contributed by atoms with Crippen molar-refractivity contribution in [3.8, 4) is 0 Å². The summed E-state index contributed by atoms with van der Waals surface area (Å²) in [5.41, 5.74) is 1.33. The van der Waals surface area contributed by atoms with E-state index in [-0.39, 0.29) is 12.6 Å². The van der Waals surface area contributed by atoms with Crippen LogP contribution >= 0.6 is 0 Å². The maximum absolute atomic E-state index is 9.39. The highest BCUT2D eigenvalue weighted by Crippen LogP contribution is 2.21. The fourth-order valence-corrected chi connectivity index (χ4v) is 2.53. The summed E-state index contributed by atoms with van der Waals surface area (Å²) in [6.07, 6.45) is 0. The van der Waals surface area contributed by atoms with Crippen LogP contribution in [0, 0.1) is 0 Å². The van der Waals surface area contributed by atoms with Crippen molar-refractivity contribution in [2.45, 2.75) is 32.0 Å². The Kier molecular flexibility index (Phi) is 4.15. The van der Waals surface area contributed by atoms with Crippen LogP contribution in [0.1, 0.15) is 25.5 Å². The molecular weight excluding hydrogens is 212 g/mol. The molecule has 17 heavy (non-hydrogen) atoms. The van der Waals surface area contributed by atoms with Crippen molar-refractivity contribution in [2.24, 2.45) is 0 Å². The summed E-state index contributed by atoms with van der Waals surface area (Å²) >= 11 is 0. The van der Waals surface area contributed by atoms with Gasteiger partial charge < -0.3 is 10.4 Å². The number of hydrogen-bond donors (Lipinski definition) is 2. The van der Waals surface area contributed by atoms with E-state index in [4.69, 9.17) is 0 Å². The topological polar surface area (TPSA) is 35.5 Å². The Morgan fingerprint density at radius 3 is 2.65 bits per heavy atom. The zero-order chi connectivity index (χ0) is 12.3. The second-order valence-corrected chi connectivity index (χ2v) is 5.00. The van der Waals surface area contributed by atoms with E-state index in [1.165, 1.54) is 5.56 Å². The second-order valence-electron chi connectivity index (χ2n) is 5.00. The summed E-state index contributed by atoms with van der Waals surface area (Å²) in [5, 5.41) is 12.9. The fraction of sp³-hybridized carbons (Fsp3) is 0.571. The average molecular weight is 234 g/mol. The van der Waals surface area contributed by atoms with Crippen LogP contribution in [0.5, 0.6) is 0 Å². The first-order valence-corrected chi connectivity index (χ1v) is 6.37. The zero-order valence-electron chi connectivity index (χ0n) is 10.6. The van der Waals surface area contributed by atoms with Gasteiger partial charge in [0.1, 0.15) is 0 Å². The molecule has 94 valence electrons. The van der Waals surface area contributed by atoms with Crippen LogP contribution in [0.25, 0.3) is 0 Å². The predicted molar refractivity (Wildman–Crippen MR) is 69.9 cm³/mol. The normalized spacial score (nSPS) is 26.4. The number of rotatable bonds is 3. The zero-order valence-corrected chi connectivity index (χ0v) is 10.6. The van der Waals surface area contributed by atoms with Crippen molar-refractivity contribution in [2.75, 3.05) is 19.7 Å². The van der Waals surface area contributed by atoms with Crippen molar-refractivity contribution in [1.82, 2.24) is 10.2 Å². The van der Waals surface area contributed by atoms with E-state index in [0.29, 0.717) is 12.1 Å². The molecule has 1 aliphatic rings. The first-order chi connectivity index (χ1) is 8.22. The molecule has 0 aliphatic carbocycles. The van der Waals surface area contributed by atoms with Crippen LogP contribution in [0.2, 0.25) is 0 Å². The van der Waals surface area contributed by atoms with Crippen LogP contribution < -0.4 is 5.32 Å². The third kappa shape index (κ3) is 2.86. The molecule has 2 unspecified atom stereocenters. The van der Waals surface area contributed by atoms with E-state index in [0.717, 1.165) is 13.1 Å². The van der Waals surface area contributed by atoms with Crippen molar-refractivity contribution < 1.29 is 5.11 Å². The molecule has 1 fully saturated rings. The molecule has 0 radical (unpaired) electrons. The lowest BCUT2D eigenvalue weighted by Crippen LogP contribution is -2.56. The number of nitrogens with one attached hydrogen (secondary N) is 1. The number of piperazine rings is 1. The van der Waals surface area contributed by atoms with E-state index in [9.17, 15) is 5.11 Å². The molecule has 3 heteroatoms. The summed E-state index contributed by atoms with van der Waals surface area (Å²) in [6, 6.07) is 11.6. The minimum Gasteiger partial charge on any atom is -0.395 e. The third-order valence-corrected chi connectivity index (χ3v) is 3.54. The number of benzene rings is 1. The van der Waals surface area contributed by atoms with Crippen LogP contribution in [-0.2, 0) is 0 Å². The molecular formula is C14H22N2O. The van der Waals surface area contributed by atoms with Crippen LogP contribution in [0.15, 0.2) is 30.3 Å². The molecule has 1 aromatic carbocycles. The van der Waals surface area contributed by atoms with Gasteiger partial charge in [0.15, 0.2) is 0 Å². The van der Waals surface area contributed by atoms with Crippen LogP contribution in [0.4, 0.5) is 0 Å². The van der Waals surface area contributed by atoms with Gasteiger partial charge in [-0.05, 0) is 19.4 Å². The van der Waals surface area contributed by atoms with Gasteiger partial charge in [-0.1, -0.05) is 30.3 Å². The first-order valence-electron chi connectivity index (χ1n) is 6.37. The van der Waals surface area contributed by atoms with Gasteiger partial charge in [0, 0.05) is 31.2 Å². The highest BCUT2D eigenvalue weighted by molar-refractivity contribution is 5.20. The largest absolute Gasteiger partial charge is 0.395 e. The molecule has 2 rings (SSSR count). The minimum atomic E-state index is 0.229. The molecule has 1 aromatic rings. The standard InChI is InChI=1S/C14H22N2O/c1-11(2)16-9-14(15-8-13(16)10-17)12-6-4-3-5-7-12/h3-7,11,13-15,17H,8-10H2,1-2H3. The number of nitrogens with zero attached hydrogens (tertiary/aromatic N) is 1. The Labute approximate surface area is 103 Å². The van der Waals surface area contributed by atoms with Gasteiger partial charge in [-0.2, -0.15) is 0 Å². The molecule has 1 saturated heterocycles. The van der Waals surface area contributed by atoms with E-state index < -0.39 is 0 Å². The van der Waals surface area contributed by atoms with Crippen LogP contribution in [0.3, 0.4) is 0 Å². The summed E-state index contributed by atoms with van der Waals surface area (Å²) in [6.45, 7) is 6.43. The van der Waals surface area contributed by atoms with Gasteiger partial charge in [0.05, 0.1) is 6.61 Å². The smallest absolute Gasteiger partial charge is 0.0599 e. The van der Waals surface area contributed by atoms with Crippen molar-refractivity contribution in [3.05, 3.63) is 35.9 Å². The molecule has 2 atom stereocenters. The van der Waals surface area contributed by atoms with E-state index >= 15 is 0 Å². The maximum atomic E-state index is 9.39. The second kappa shape index (κ2) is 5.63. The van der Waals surface area contributed by atoms with Gasteiger partial charge in [-0.3, -0.25) is 4.90 Å². The van der Waals surface area contributed by atoms with Gasteiger partial charge in [-0.25, -0.2) is 0 Å². The number of hydrogen-bond acceptors (Lipinski definition) is 3. The van der Waals surface area contributed by atoms with Crippen LogP contribution in [-0.4, -0.2) is 41.8 Å². The molecule has 0 bridgehead atoms. The van der Waals surface area contributed by atoms with Crippen molar-refractivity contribution in [3.63, 3.8) is 0 Å². The lowest BCUT2D eigenvalue weighted by molar-refractivity contribution is 0.0562. The van der Waals surface area contributed by atoms with E-state index in [2.05, 4.69) is 48.3 Å². The molecule has 2 N–H and O–H groups in total. The summed E-state index contributed by atoms with van der Waals surface area (Å²) < 4.78 is 0. The first kappa shape index (κ1) is 12.6. The molecule has 0 saturated carbocycles. The Morgan fingerprint density at radius 1 is 1.35 bits per heavy atom. The number of aliphatic hydroxyl groups excluding tert-OH is 1. The highest BCUT2D eigenvalue weighted by Gasteiger charge is 2.29. The highest BCUT2D eigenvalue weighted by atomic mass is 16.3. The summed E-state index contributed by atoms with van der Waals surface area (Å²) in [4.78, 5) is 2.38. The summed E-state index contributed by atoms with van der Waals surface area (Å²) in [5.74, 6) is 0. The number of aliphatic hydroxyl groups is 1. The SMILES string of the molecule is CC(C)N1CC(c2ccccc2)NCC1CO. The molecule has 1 aliphatic heterocycles. The minimum absolute atomic E-state index is 0.229. The predicted octanol–water partition coefficient (Wildman–Crippen LogP) is 1.40. The molecule has 0 amide bonds. The van der Waals surface area contributed by atoms with E-state index in [1.807, 2.05) is 6.07 Å². The Balaban J connectivity index is 2.09. The lowest BCUT2D eigenvalue weighted by Gasteiger charge is -2.42. The molecule has 1 heterocycles. The third-order valence-electron chi connectivity index (χ3n) is 3.54. The van der Waals surface area contributed by atoms with Gasteiger partial charge in [0.25, 0.3) is 0 Å².